The first kappa shape index (κ1) is 21.5. The van der Waals surface area contributed by atoms with Crippen molar-refractivity contribution in [3.8, 4) is 11.5 Å². The van der Waals surface area contributed by atoms with Crippen molar-refractivity contribution in [2.45, 2.75) is 59.5 Å². The van der Waals surface area contributed by atoms with E-state index in [4.69, 9.17) is 10.5 Å². The summed E-state index contributed by atoms with van der Waals surface area (Å²) in [6.07, 6.45) is 3.26. The number of carbonyl (C=O) groups excluding carboxylic acids is 1. The molecule has 0 aliphatic carbocycles. The summed E-state index contributed by atoms with van der Waals surface area (Å²) in [5, 5.41) is 10.8. The fourth-order valence-electron chi connectivity index (χ4n) is 3.10. The summed E-state index contributed by atoms with van der Waals surface area (Å²) >= 11 is 0. The lowest BCUT2D eigenvalue weighted by Gasteiger charge is -2.23. The number of nitrogens with two attached hydrogens (primary N) is 1. The highest BCUT2D eigenvalue weighted by atomic mass is 16.5. The monoisotopic (exact) mass is 381 g/mol. The number of ether oxygens (including phenoxy) is 1. The predicted molar refractivity (Wildman–Crippen MR) is 116 cm³/mol. The summed E-state index contributed by atoms with van der Waals surface area (Å²) in [7, 11) is 0. The zero-order chi connectivity index (χ0) is 21.0. The summed E-state index contributed by atoms with van der Waals surface area (Å²) < 4.78 is 6.07. The largest absolute Gasteiger partial charge is 0.507 e. The van der Waals surface area contributed by atoms with E-state index in [1.165, 1.54) is 0 Å². The second kappa shape index (κ2) is 8.96. The molecule has 2 aromatic rings. The molecule has 0 saturated heterocycles. The van der Waals surface area contributed by atoms with Gasteiger partial charge in [0.2, 0.25) is 0 Å². The Morgan fingerprint density at radius 3 is 2.14 bits per heavy atom. The Morgan fingerprint density at radius 1 is 1.04 bits per heavy atom. The number of phenolic OH excluding ortho intramolecular Hbond substituents is 1. The Morgan fingerprint density at radius 2 is 1.64 bits per heavy atom. The van der Waals surface area contributed by atoms with E-state index in [1.54, 1.807) is 36.4 Å². The molecular formula is C24H31NO3. The zero-order valence-corrected chi connectivity index (χ0v) is 17.6. The average Bonchev–Trinajstić information content (AvgIpc) is 2.60. The topological polar surface area (TPSA) is 72.5 Å². The van der Waals surface area contributed by atoms with Gasteiger partial charge in [0, 0.05) is 22.4 Å². The molecule has 150 valence electrons. The van der Waals surface area contributed by atoms with Crippen LogP contribution in [-0.4, -0.2) is 17.0 Å². The second-order valence-corrected chi connectivity index (χ2v) is 7.94. The van der Waals surface area contributed by atoms with Crippen molar-refractivity contribution in [1.29, 1.82) is 0 Å². The van der Waals surface area contributed by atoms with Crippen molar-refractivity contribution < 1.29 is 14.6 Å². The minimum absolute atomic E-state index is 0.0539. The highest BCUT2D eigenvalue weighted by molar-refractivity contribution is 6.07. The number of phenols is 1. The van der Waals surface area contributed by atoms with Gasteiger partial charge in [0.05, 0.1) is 6.10 Å². The molecule has 0 fully saturated rings. The van der Waals surface area contributed by atoms with Crippen molar-refractivity contribution >= 4 is 17.5 Å². The third kappa shape index (κ3) is 4.94. The van der Waals surface area contributed by atoms with Gasteiger partial charge in [0.15, 0.2) is 5.78 Å². The van der Waals surface area contributed by atoms with E-state index >= 15 is 0 Å². The first-order chi connectivity index (χ1) is 13.1. The van der Waals surface area contributed by atoms with E-state index in [0.717, 1.165) is 16.7 Å². The smallest absolute Gasteiger partial charge is 0.185 e. The fourth-order valence-corrected chi connectivity index (χ4v) is 3.10. The lowest BCUT2D eigenvalue weighted by Crippen LogP contribution is -2.11. The Bertz CT molecular complexity index is 862. The highest BCUT2D eigenvalue weighted by Crippen LogP contribution is 2.43. The minimum atomic E-state index is -0.110. The average molecular weight is 382 g/mol. The van der Waals surface area contributed by atoms with Gasteiger partial charge in [-0.2, -0.15) is 0 Å². The van der Waals surface area contributed by atoms with E-state index in [-0.39, 0.29) is 29.5 Å². The summed E-state index contributed by atoms with van der Waals surface area (Å²) in [5.41, 5.74) is 9.30. The van der Waals surface area contributed by atoms with Gasteiger partial charge < -0.3 is 15.6 Å². The van der Waals surface area contributed by atoms with Crippen LogP contribution in [0.4, 0.5) is 5.69 Å². The lowest BCUT2D eigenvalue weighted by atomic mass is 9.90. The Hall–Kier alpha value is -2.75. The third-order valence-corrected chi connectivity index (χ3v) is 4.51. The Balaban J connectivity index is 2.56. The Kier molecular flexibility index (Phi) is 6.90. The van der Waals surface area contributed by atoms with Gasteiger partial charge in [0.1, 0.15) is 11.5 Å². The molecule has 2 aromatic carbocycles. The molecule has 0 bridgehead atoms. The molecule has 0 heterocycles. The molecule has 28 heavy (non-hydrogen) atoms. The molecule has 0 radical (unpaired) electrons. The molecule has 3 N–H and O–H groups in total. The molecule has 4 heteroatoms. The quantitative estimate of drug-likeness (QED) is 0.355. The normalized spacial score (nSPS) is 11.8. The molecule has 0 spiro atoms. The third-order valence-electron chi connectivity index (χ3n) is 4.51. The van der Waals surface area contributed by atoms with Crippen LogP contribution in [0.25, 0.3) is 6.08 Å². The number of ketones is 1. The van der Waals surface area contributed by atoms with Crippen LogP contribution in [0.3, 0.4) is 0 Å². The number of hydrogen-bond donors (Lipinski definition) is 2. The molecule has 0 aromatic heterocycles. The molecule has 4 nitrogen and oxygen atoms in total. The molecule has 0 saturated carbocycles. The summed E-state index contributed by atoms with van der Waals surface area (Å²) in [6.45, 7) is 12.0. The molecule has 0 aliphatic heterocycles. The van der Waals surface area contributed by atoms with Crippen LogP contribution in [0.15, 0.2) is 36.4 Å². The number of hydrogen-bond acceptors (Lipinski definition) is 4. The predicted octanol–water partition coefficient (Wildman–Crippen LogP) is 5.90. The second-order valence-electron chi connectivity index (χ2n) is 7.94. The van der Waals surface area contributed by atoms with E-state index in [0.29, 0.717) is 17.0 Å². The first-order valence-electron chi connectivity index (χ1n) is 9.76. The number of benzene rings is 2. The van der Waals surface area contributed by atoms with Gasteiger partial charge in [-0.3, -0.25) is 4.79 Å². The zero-order valence-electron chi connectivity index (χ0n) is 17.6. The van der Waals surface area contributed by atoms with Crippen LogP contribution in [0, 0.1) is 0 Å². The van der Waals surface area contributed by atoms with E-state index in [1.807, 2.05) is 47.6 Å². The first-order valence-corrected chi connectivity index (χ1v) is 9.76. The summed E-state index contributed by atoms with van der Waals surface area (Å²) in [4.78, 5) is 12.5. The number of anilines is 1. The fraction of sp³-hybridized carbons (Fsp3) is 0.375. The number of nitrogen functional groups attached to an aromatic ring is 1. The van der Waals surface area contributed by atoms with Crippen LogP contribution in [0.2, 0.25) is 0 Å². The maximum Gasteiger partial charge on any atom is 0.185 e. The number of allylic oxidation sites excluding steroid dienone is 1. The van der Waals surface area contributed by atoms with Crippen LogP contribution >= 0.6 is 0 Å². The Labute approximate surface area is 168 Å². The van der Waals surface area contributed by atoms with Crippen molar-refractivity contribution in [2.75, 3.05) is 5.73 Å². The number of carbonyl (C=O) groups is 1. The molecule has 2 rings (SSSR count). The SMILES string of the molecule is CC(C)Oc1c(/C=C/C(=O)c2ccc(N)cc2)cc(C(C)C)c(O)c1C(C)C. The maximum absolute atomic E-state index is 12.5. The number of aromatic hydroxyl groups is 1. The van der Waals surface area contributed by atoms with Gasteiger partial charge in [-0.15, -0.1) is 0 Å². The standard InChI is InChI=1S/C24H31NO3/c1-14(2)20-13-18(9-12-21(26)17-7-10-19(25)11-8-17)24(28-16(5)6)22(15(3)4)23(20)27/h7-16,27H,25H2,1-6H3/b12-9+. The van der Waals surface area contributed by atoms with Gasteiger partial charge >= 0.3 is 0 Å². The van der Waals surface area contributed by atoms with Gasteiger partial charge in [-0.1, -0.05) is 27.7 Å². The minimum Gasteiger partial charge on any atom is -0.507 e. The summed E-state index contributed by atoms with van der Waals surface area (Å²) in [5.74, 6) is 1.02. The van der Waals surface area contributed by atoms with Gasteiger partial charge in [-0.25, -0.2) is 0 Å². The van der Waals surface area contributed by atoms with Crippen molar-refractivity contribution in [1.82, 2.24) is 0 Å². The molecule has 0 amide bonds. The van der Waals surface area contributed by atoms with Crippen LogP contribution in [-0.2, 0) is 0 Å². The van der Waals surface area contributed by atoms with Gasteiger partial charge in [0.25, 0.3) is 0 Å². The van der Waals surface area contributed by atoms with Crippen LogP contribution in [0.5, 0.6) is 11.5 Å². The number of rotatable bonds is 7. The van der Waals surface area contributed by atoms with Crippen molar-refractivity contribution in [3.05, 3.63) is 58.7 Å². The summed E-state index contributed by atoms with van der Waals surface area (Å²) in [6, 6.07) is 8.76. The molecule has 0 atom stereocenters. The molecule has 0 aliphatic rings. The molecular weight excluding hydrogens is 350 g/mol. The van der Waals surface area contributed by atoms with Crippen LogP contribution in [0.1, 0.15) is 80.4 Å². The van der Waals surface area contributed by atoms with Gasteiger partial charge in [-0.05, 0) is 73.7 Å². The van der Waals surface area contributed by atoms with E-state index in [9.17, 15) is 9.90 Å². The highest BCUT2D eigenvalue weighted by Gasteiger charge is 2.22. The molecule has 0 unspecified atom stereocenters. The lowest BCUT2D eigenvalue weighted by molar-refractivity contribution is 0.104. The van der Waals surface area contributed by atoms with Crippen molar-refractivity contribution in [2.24, 2.45) is 0 Å². The van der Waals surface area contributed by atoms with E-state index < -0.39 is 0 Å². The van der Waals surface area contributed by atoms with Crippen LogP contribution < -0.4 is 10.5 Å². The maximum atomic E-state index is 12.5. The van der Waals surface area contributed by atoms with E-state index in [2.05, 4.69) is 0 Å². The van der Waals surface area contributed by atoms with Crippen molar-refractivity contribution in [3.63, 3.8) is 0 Å².